The summed E-state index contributed by atoms with van der Waals surface area (Å²) < 4.78 is 0. The zero-order chi connectivity index (χ0) is 9.10. The molecule has 0 unspecified atom stereocenters. The number of aromatic nitrogens is 4. The lowest BCUT2D eigenvalue weighted by Crippen LogP contribution is -2.28. The van der Waals surface area contributed by atoms with Gasteiger partial charge in [0, 0.05) is 6.42 Å². The highest BCUT2D eigenvalue weighted by atomic mass is 15.6. The third-order valence-electron chi connectivity index (χ3n) is 2.48. The first-order valence-corrected chi connectivity index (χ1v) is 4.78. The third kappa shape index (κ3) is 2.24. The lowest BCUT2D eigenvalue weighted by molar-refractivity contribution is 0.367. The van der Waals surface area contributed by atoms with Crippen molar-refractivity contribution >= 4 is 0 Å². The Hall–Kier alpha value is -0.970. The maximum Gasteiger partial charge on any atom is 0.175 e. The molecule has 0 aromatic carbocycles. The smallest absolute Gasteiger partial charge is 0.175 e. The molecule has 13 heavy (non-hydrogen) atoms. The van der Waals surface area contributed by atoms with Gasteiger partial charge in [-0.2, -0.15) is 4.80 Å². The van der Waals surface area contributed by atoms with Crippen LogP contribution in [0, 0.1) is 5.92 Å². The van der Waals surface area contributed by atoms with E-state index in [1.54, 1.807) is 7.05 Å². The van der Waals surface area contributed by atoms with Gasteiger partial charge < -0.3 is 5.32 Å². The highest BCUT2D eigenvalue weighted by Crippen LogP contribution is 2.14. The molecule has 1 saturated heterocycles. The summed E-state index contributed by atoms with van der Waals surface area (Å²) in [7, 11) is 1.80. The molecule has 1 aliphatic rings. The predicted molar refractivity (Wildman–Crippen MR) is 48.1 cm³/mol. The zero-order valence-corrected chi connectivity index (χ0v) is 7.90. The summed E-state index contributed by atoms with van der Waals surface area (Å²) in [6, 6.07) is 0. The van der Waals surface area contributed by atoms with Crippen LogP contribution in [0.15, 0.2) is 0 Å². The summed E-state index contributed by atoms with van der Waals surface area (Å²) in [5, 5.41) is 15.3. The average Bonchev–Trinajstić information content (AvgIpc) is 2.53. The van der Waals surface area contributed by atoms with Gasteiger partial charge in [0.05, 0.1) is 7.05 Å². The Kier molecular flexibility index (Phi) is 2.54. The van der Waals surface area contributed by atoms with Gasteiger partial charge in [-0.15, -0.1) is 10.2 Å². The van der Waals surface area contributed by atoms with Crippen molar-refractivity contribution in [2.45, 2.75) is 19.3 Å². The van der Waals surface area contributed by atoms with E-state index in [4.69, 9.17) is 0 Å². The van der Waals surface area contributed by atoms with Crippen LogP contribution in [0.25, 0.3) is 0 Å². The number of tetrazole rings is 1. The SMILES string of the molecule is Cn1nnc(CC2CCNCC2)n1. The van der Waals surface area contributed by atoms with Gasteiger partial charge >= 0.3 is 0 Å². The van der Waals surface area contributed by atoms with Crippen molar-refractivity contribution < 1.29 is 0 Å². The first-order valence-electron chi connectivity index (χ1n) is 4.78. The van der Waals surface area contributed by atoms with Crippen molar-refractivity contribution in [2.24, 2.45) is 13.0 Å². The van der Waals surface area contributed by atoms with E-state index < -0.39 is 0 Å². The summed E-state index contributed by atoms with van der Waals surface area (Å²) >= 11 is 0. The van der Waals surface area contributed by atoms with Gasteiger partial charge in [0.1, 0.15) is 0 Å². The summed E-state index contributed by atoms with van der Waals surface area (Å²) in [6.45, 7) is 2.26. The number of hydrogen-bond donors (Lipinski definition) is 1. The van der Waals surface area contributed by atoms with Crippen molar-refractivity contribution in [3.8, 4) is 0 Å². The Morgan fingerprint density at radius 3 is 2.85 bits per heavy atom. The zero-order valence-electron chi connectivity index (χ0n) is 7.90. The lowest BCUT2D eigenvalue weighted by atomic mass is 9.94. The number of aryl methyl sites for hydroxylation is 1. The fourth-order valence-corrected chi connectivity index (χ4v) is 1.75. The maximum absolute atomic E-state index is 4.18. The normalized spacial score (nSPS) is 19.2. The maximum atomic E-state index is 4.18. The van der Waals surface area contributed by atoms with Crippen LogP contribution >= 0.6 is 0 Å². The number of hydrogen-bond acceptors (Lipinski definition) is 4. The minimum atomic E-state index is 0.741. The van der Waals surface area contributed by atoms with E-state index in [1.165, 1.54) is 17.6 Å². The number of rotatable bonds is 2. The molecule has 0 spiro atoms. The van der Waals surface area contributed by atoms with Gasteiger partial charge in [0.2, 0.25) is 0 Å². The Morgan fingerprint density at radius 2 is 2.23 bits per heavy atom. The van der Waals surface area contributed by atoms with Gasteiger partial charge in [-0.3, -0.25) is 0 Å². The minimum absolute atomic E-state index is 0.741. The van der Waals surface area contributed by atoms with Crippen LogP contribution < -0.4 is 5.32 Å². The molecule has 72 valence electrons. The topological polar surface area (TPSA) is 55.6 Å². The molecule has 0 amide bonds. The van der Waals surface area contributed by atoms with E-state index in [0.29, 0.717) is 0 Å². The predicted octanol–water partition coefficient (Wildman–Crippen LogP) is -0.248. The molecule has 5 nitrogen and oxygen atoms in total. The van der Waals surface area contributed by atoms with E-state index in [2.05, 4.69) is 20.7 Å². The van der Waals surface area contributed by atoms with Crippen LogP contribution in [0.2, 0.25) is 0 Å². The van der Waals surface area contributed by atoms with Gasteiger partial charge in [0.15, 0.2) is 5.82 Å². The first kappa shape index (κ1) is 8.62. The van der Waals surface area contributed by atoms with Crippen LogP contribution in [0.1, 0.15) is 18.7 Å². The Labute approximate surface area is 77.5 Å². The molecule has 1 N–H and O–H groups in total. The second-order valence-electron chi connectivity index (χ2n) is 3.59. The molecular weight excluding hydrogens is 166 g/mol. The van der Waals surface area contributed by atoms with Crippen molar-refractivity contribution in [3.05, 3.63) is 5.82 Å². The quantitative estimate of drug-likeness (QED) is 0.683. The molecule has 0 aliphatic carbocycles. The number of nitrogens with zero attached hydrogens (tertiary/aromatic N) is 4. The fraction of sp³-hybridized carbons (Fsp3) is 0.875. The van der Waals surface area contributed by atoms with Gasteiger partial charge in [-0.1, -0.05) is 0 Å². The number of piperidine rings is 1. The molecule has 0 saturated carbocycles. The summed E-state index contributed by atoms with van der Waals surface area (Å²) in [6.07, 6.45) is 3.45. The van der Waals surface area contributed by atoms with Gasteiger partial charge in [-0.25, -0.2) is 0 Å². The van der Waals surface area contributed by atoms with Gasteiger partial charge in [0.25, 0.3) is 0 Å². The van der Waals surface area contributed by atoms with Gasteiger partial charge in [-0.05, 0) is 37.1 Å². The van der Waals surface area contributed by atoms with E-state index in [-0.39, 0.29) is 0 Å². The molecule has 2 heterocycles. The molecule has 2 rings (SSSR count). The second kappa shape index (κ2) is 3.83. The van der Waals surface area contributed by atoms with Crippen LogP contribution in [-0.2, 0) is 13.5 Å². The van der Waals surface area contributed by atoms with Crippen LogP contribution in [0.4, 0.5) is 0 Å². The van der Waals surface area contributed by atoms with Crippen molar-refractivity contribution in [1.29, 1.82) is 0 Å². The highest BCUT2D eigenvalue weighted by Gasteiger charge is 2.15. The van der Waals surface area contributed by atoms with Crippen molar-refractivity contribution in [1.82, 2.24) is 25.5 Å². The molecule has 0 bridgehead atoms. The van der Waals surface area contributed by atoms with E-state index in [9.17, 15) is 0 Å². The molecule has 1 aromatic heterocycles. The third-order valence-corrected chi connectivity index (χ3v) is 2.48. The van der Waals surface area contributed by atoms with E-state index in [1.807, 2.05) is 0 Å². The molecule has 0 atom stereocenters. The number of nitrogens with one attached hydrogen (secondary N) is 1. The molecule has 1 aromatic rings. The molecule has 1 aliphatic heterocycles. The Morgan fingerprint density at radius 1 is 1.46 bits per heavy atom. The molecule has 5 heteroatoms. The molecule has 1 fully saturated rings. The van der Waals surface area contributed by atoms with Crippen LogP contribution in [0.5, 0.6) is 0 Å². The Bertz CT molecular complexity index is 263. The summed E-state index contributed by atoms with van der Waals surface area (Å²) in [4.78, 5) is 1.52. The van der Waals surface area contributed by atoms with E-state index in [0.717, 1.165) is 31.3 Å². The van der Waals surface area contributed by atoms with E-state index >= 15 is 0 Å². The molecule has 0 radical (unpaired) electrons. The standard InChI is InChI=1S/C8H15N5/c1-13-11-8(10-12-13)6-7-2-4-9-5-3-7/h7,9H,2-6H2,1H3. The highest BCUT2D eigenvalue weighted by molar-refractivity contribution is 4.83. The lowest BCUT2D eigenvalue weighted by Gasteiger charge is -2.20. The van der Waals surface area contributed by atoms with Crippen molar-refractivity contribution in [2.75, 3.05) is 13.1 Å². The largest absolute Gasteiger partial charge is 0.317 e. The Balaban J connectivity index is 1.89. The molecular formula is C8H15N5. The minimum Gasteiger partial charge on any atom is -0.317 e. The van der Waals surface area contributed by atoms with Crippen LogP contribution in [0.3, 0.4) is 0 Å². The second-order valence-corrected chi connectivity index (χ2v) is 3.59. The summed E-state index contributed by atoms with van der Waals surface area (Å²) in [5.41, 5.74) is 0. The fourth-order valence-electron chi connectivity index (χ4n) is 1.75. The first-order chi connectivity index (χ1) is 6.34. The van der Waals surface area contributed by atoms with Crippen LogP contribution in [-0.4, -0.2) is 33.3 Å². The monoisotopic (exact) mass is 181 g/mol. The average molecular weight is 181 g/mol. The summed E-state index contributed by atoms with van der Waals surface area (Å²) in [5.74, 6) is 1.62. The van der Waals surface area contributed by atoms with Crippen molar-refractivity contribution in [3.63, 3.8) is 0 Å².